The minimum absolute atomic E-state index is 0.0202. The Labute approximate surface area is 133 Å². The van der Waals surface area contributed by atoms with Gasteiger partial charge in [-0.25, -0.2) is 4.98 Å². The number of hydrogen-bond donors (Lipinski definition) is 1. The van der Waals surface area contributed by atoms with Crippen LogP contribution in [0.1, 0.15) is 19.4 Å². The number of benzene rings is 1. The SMILES string of the molecule is CC(C)Oc1ncnc(N(C)Cc2ccc(Br)cc2)c1N. The first-order chi connectivity index (χ1) is 9.97. The summed E-state index contributed by atoms with van der Waals surface area (Å²) in [5, 5.41) is 0. The highest BCUT2D eigenvalue weighted by Gasteiger charge is 2.14. The zero-order valence-corrected chi connectivity index (χ0v) is 14.0. The number of aromatic nitrogens is 2. The summed E-state index contributed by atoms with van der Waals surface area (Å²) >= 11 is 3.43. The molecule has 0 spiro atoms. The molecule has 0 fully saturated rings. The Hall–Kier alpha value is -1.82. The van der Waals surface area contributed by atoms with Crippen molar-refractivity contribution in [2.45, 2.75) is 26.5 Å². The summed E-state index contributed by atoms with van der Waals surface area (Å²) in [6.07, 6.45) is 1.49. The lowest BCUT2D eigenvalue weighted by Crippen LogP contribution is -2.20. The van der Waals surface area contributed by atoms with Crippen LogP contribution in [0.15, 0.2) is 35.1 Å². The smallest absolute Gasteiger partial charge is 0.242 e. The van der Waals surface area contributed by atoms with E-state index in [1.807, 2.05) is 37.9 Å². The Morgan fingerprint density at radius 3 is 2.52 bits per heavy atom. The lowest BCUT2D eigenvalue weighted by atomic mass is 10.2. The molecule has 21 heavy (non-hydrogen) atoms. The van der Waals surface area contributed by atoms with Crippen molar-refractivity contribution in [2.24, 2.45) is 0 Å². The zero-order valence-electron chi connectivity index (χ0n) is 12.4. The predicted molar refractivity (Wildman–Crippen MR) is 88.5 cm³/mol. The molecule has 112 valence electrons. The Bertz CT molecular complexity index is 601. The first-order valence-corrected chi connectivity index (χ1v) is 7.49. The Morgan fingerprint density at radius 1 is 1.24 bits per heavy atom. The van der Waals surface area contributed by atoms with Crippen LogP contribution >= 0.6 is 15.9 Å². The second-order valence-electron chi connectivity index (χ2n) is 5.07. The normalized spacial score (nSPS) is 10.7. The van der Waals surface area contributed by atoms with Crippen LogP contribution in [0, 0.1) is 0 Å². The number of ether oxygens (including phenoxy) is 1. The van der Waals surface area contributed by atoms with E-state index in [4.69, 9.17) is 10.5 Å². The van der Waals surface area contributed by atoms with Gasteiger partial charge < -0.3 is 15.4 Å². The maximum absolute atomic E-state index is 6.11. The van der Waals surface area contributed by atoms with Gasteiger partial charge >= 0.3 is 0 Å². The monoisotopic (exact) mass is 350 g/mol. The van der Waals surface area contributed by atoms with Crippen LogP contribution in [0.4, 0.5) is 11.5 Å². The number of nitrogen functional groups attached to an aromatic ring is 1. The molecule has 1 heterocycles. The summed E-state index contributed by atoms with van der Waals surface area (Å²) < 4.78 is 6.65. The Kier molecular flexibility index (Phi) is 5.01. The van der Waals surface area contributed by atoms with E-state index in [2.05, 4.69) is 38.0 Å². The van der Waals surface area contributed by atoms with Gasteiger partial charge in [0.25, 0.3) is 0 Å². The summed E-state index contributed by atoms with van der Waals surface area (Å²) in [6, 6.07) is 8.15. The highest BCUT2D eigenvalue weighted by atomic mass is 79.9. The van der Waals surface area contributed by atoms with Gasteiger partial charge in [-0.05, 0) is 31.5 Å². The number of rotatable bonds is 5. The third-order valence-electron chi connectivity index (χ3n) is 2.87. The number of nitrogens with zero attached hydrogens (tertiary/aromatic N) is 3. The number of halogens is 1. The lowest BCUT2D eigenvalue weighted by molar-refractivity contribution is 0.234. The maximum atomic E-state index is 6.11. The standard InChI is InChI=1S/C15H19BrN4O/c1-10(2)21-15-13(17)14(18-9-19-15)20(3)8-11-4-6-12(16)7-5-11/h4-7,9-10H,8,17H2,1-3H3. The molecule has 0 amide bonds. The molecule has 0 atom stereocenters. The number of hydrogen-bond acceptors (Lipinski definition) is 5. The van der Waals surface area contributed by atoms with Gasteiger partial charge in [0.1, 0.15) is 12.0 Å². The fourth-order valence-corrected chi connectivity index (χ4v) is 2.19. The van der Waals surface area contributed by atoms with Crippen LogP contribution in [-0.2, 0) is 6.54 Å². The van der Waals surface area contributed by atoms with Crippen LogP contribution in [0.3, 0.4) is 0 Å². The van der Waals surface area contributed by atoms with E-state index in [1.54, 1.807) is 0 Å². The van der Waals surface area contributed by atoms with Crippen molar-refractivity contribution in [3.05, 3.63) is 40.6 Å². The fourth-order valence-electron chi connectivity index (χ4n) is 1.93. The van der Waals surface area contributed by atoms with Gasteiger partial charge in [-0.2, -0.15) is 4.98 Å². The van der Waals surface area contributed by atoms with Crippen molar-refractivity contribution < 1.29 is 4.74 Å². The molecule has 0 aliphatic carbocycles. The summed E-state index contributed by atoms with van der Waals surface area (Å²) in [7, 11) is 1.94. The molecule has 0 bridgehead atoms. The first-order valence-electron chi connectivity index (χ1n) is 6.70. The topological polar surface area (TPSA) is 64.3 Å². The van der Waals surface area contributed by atoms with E-state index < -0.39 is 0 Å². The van der Waals surface area contributed by atoms with Crippen molar-refractivity contribution >= 4 is 27.4 Å². The van der Waals surface area contributed by atoms with E-state index in [1.165, 1.54) is 11.9 Å². The van der Waals surface area contributed by atoms with Crippen LogP contribution in [-0.4, -0.2) is 23.1 Å². The molecular weight excluding hydrogens is 332 g/mol. The van der Waals surface area contributed by atoms with Crippen molar-refractivity contribution in [1.82, 2.24) is 9.97 Å². The molecule has 0 saturated heterocycles. The van der Waals surface area contributed by atoms with Crippen LogP contribution in [0.25, 0.3) is 0 Å². The minimum atomic E-state index is 0.0202. The van der Waals surface area contributed by atoms with Crippen molar-refractivity contribution in [2.75, 3.05) is 17.7 Å². The molecule has 2 aromatic rings. The summed E-state index contributed by atoms with van der Waals surface area (Å²) in [5.41, 5.74) is 7.75. The number of anilines is 2. The van der Waals surface area contributed by atoms with Crippen molar-refractivity contribution in [3.63, 3.8) is 0 Å². The highest BCUT2D eigenvalue weighted by molar-refractivity contribution is 9.10. The Balaban J connectivity index is 2.18. The summed E-state index contributed by atoms with van der Waals surface area (Å²) in [4.78, 5) is 10.3. The average Bonchev–Trinajstić information content (AvgIpc) is 2.43. The molecule has 0 unspecified atom stereocenters. The average molecular weight is 351 g/mol. The second kappa shape index (κ2) is 6.76. The second-order valence-corrected chi connectivity index (χ2v) is 5.98. The molecule has 2 rings (SSSR count). The zero-order chi connectivity index (χ0) is 15.4. The quantitative estimate of drug-likeness (QED) is 0.896. The molecule has 0 aliphatic rings. The van der Waals surface area contributed by atoms with Crippen LogP contribution < -0.4 is 15.4 Å². The largest absolute Gasteiger partial charge is 0.473 e. The van der Waals surface area contributed by atoms with E-state index in [0.29, 0.717) is 23.9 Å². The maximum Gasteiger partial charge on any atom is 0.242 e. The summed E-state index contributed by atoms with van der Waals surface area (Å²) in [6.45, 7) is 4.58. The third kappa shape index (κ3) is 4.07. The number of nitrogens with two attached hydrogens (primary N) is 1. The molecular formula is C15H19BrN4O. The highest BCUT2D eigenvalue weighted by Crippen LogP contribution is 2.28. The molecule has 1 aromatic carbocycles. The van der Waals surface area contributed by atoms with Gasteiger partial charge in [0.15, 0.2) is 5.82 Å². The van der Waals surface area contributed by atoms with Gasteiger partial charge in [-0.3, -0.25) is 0 Å². The van der Waals surface area contributed by atoms with Gasteiger partial charge in [0, 0.05) is 18.1 Å². The van der Waals surface area contributed by atoms with E-state index in [9.17, 15) is 0 Å². The molecule has 6 heteroatoms. The van der Waals surface area contributed by atoms with E-state index in [0.717, 1.165) is 4.47 Å². The molecule has 0 radical (unpaired) electrons. The van der Waals surface area contributed by atoms with Crippen LogP contribution in [0.5, 0.6) is 5.88 Å². The lowest BCUT2D eigenvalue weighted by Gasteiger charge is -2.21. The van der Waals surface area contributed by atoms with E-state index >= 15 is 0 Å². The van der Waals surface area contributed by atoms with Gasteiger partial charge in [-0.15, -0.1) is 0 Å². The molecule has 2 N–H and O–H groups in total. The van der Waals surface area contributed by atoms with E-state index in [-0.39, 0.29) is 6.10 Å². The first kappa shape index (κ1) is 15.6. The van der Waals surface area contributed by atoms with Crippen molar-refractivity contribution in [1.29, 1.82) is 0 Å². The van der Waals surface area contributed by atoms with Gasteiger partial charge in [-0.1, -0.05) is 28.1 Å². The molecule has 0 aliphatic heterocycles. The summed E-state index contributed by atoms with van der Waals surface area (Å²) in [5.74, 6) is 1.10. The van der Waals surface area contributed by atoms with Gasteiger partial charge in [0.2, 0.25) is 5.88 Å². The molecule has 1 aromatic heterocycles. The molecule has 5 nitrogen and oxygen atoms in total. The Morgan fingerprint density at radius 2 is 1.90 bits per heavy atom. The predicted octanol–water partition coefficient (Wildman–Crippen LogP) is 3.24. The molecule has 0 saturated carbocycles. The van der Waals surface area contributed by atoms with Crippen LogP contribution in [0.2, 0.25) is 0 Å². The minimum Gasteiger partial charge on any atom is -0.473 e. The van der Waals surface area contributed by atoms with Crippen molar-refractivity contribution in [3.8, 4) is 5.88 Å². The fraction of sp³-hybridized carbons (Fsp3) is 0.333. The van der Waals surface area contributed by atoms with Gasteiger partial charge in [0.05, 0.1) is 6.10 Å². The third-order valence-corrected chi connectivity index (χ3v) is 3.40.